The lowest BCUT2D eigenvalue weighted by Gasteiger charge is -2.21. The summed E-state index contributed by atoms with van der Waals surface area (Å²) in [5.74, 6) is -0.943. The van der Waals surface area contributed by atoms with Gasteiger partial charge in [-0.1, -0.05) is 25.0 Å². The lowest BCUT2D eigenvalue weighted by atomic mass is 9.89. The number of rotatable bonds is 9. The predicted octanol–water partition coefficient (Wildman–Crippen LogP) is 6.16. The summed E-state index contributed by atoms with van der Waals surface area (Å²) in [5, 5.41) is 8.73. The number of hydrogen-bond donors (Lipinski definition) is 1. The maximum absolute atomic E-state index is 13.3. The average molecular weight is 384 g/mol. The number of unbranched alkanes of at least 4 members (excludes halogenated alkanes) is 1. The lowest BCUT2D eigenvalue weighted by Crippen LogP contribution is -2.12. The number of hydrogen-bond acceptors (Lipinski definition) is 2. The molecule has 1 aromatic carbocycles. The van der Waals surface area contributed by atoms with Crippen LogP contribution in [-0.2, 0) is 17.4 Å². The zero-order valence-corrected chi connectivity index (χ0v) is 15.7. The molecule has 2 rings (SSSR count). The number of carboxylic acid groups (broad SMARTS) is 1. The van der Waals surface area contributed by atoms with Gasteiger partial charge in [-0.2, -0.15) is 13.2 Å². The van der Waals surface area contributed by atoms with Crippen LogP contribution in [0.2, 0.25) is 0 Å². The van der Waals surface area contributed by atoms with Crippen molar-refractivity contribution in [2.24, 2.45) is 0 Å². The maximum Gasteiger partial charge on any atom is 0.416 e. The molecule has 0 heterocycles. The molecule has 1 aromatic rings. The number of benzene rings is 1. The van der Waals surface area contributed by atoms with Gasteiger partial charge in [0, 0.05) is 6.42 Å². The van der Waals surface area contributed by atoms with Crippen LogP contribution in [0.3, 0.4) is 0 Å². The van der Waals surface area contributed by atoms with Crippen molar-refractivity contribution in [2.45, 2.75) is 70.9 Å². The second-order valence-corrected chi connectivity index (χ2v) is 7.02. The number of allylic oxidation sites excluding steroid dienone is 1. The van der Waals surface area contributed by atoms with Crippen molar-refractivity contribution in [3.05, 3.63) is 40.5 Å². The molecule has 0 spiro atoms. The Morgan fingerprint density at radius 1 is 1.15 bits per heavy atom. The fourth-order valence-corrected chi connectivity index (χ4v) is 3.44. The highest BCUT2D eigenvalue weighted by Gasteiger charge is 2.33. The van der Waals surface area contributed by atoms with Gasteiger partial charge >= 0.3 is 12.1 Å². The van der Waals surface area contributed by atoms with E-state index in [2.05, 4.69) is 6.92 Å². The van der Waals surface area contributed by atoms with Crippen LogP contribution in [0.25, 0.3) is 0 Å². The molecule has 0 fully saturated rings. The van der Waals surface area contributed by atoms with Crippen molar-refractivity contribution >= 4 is 5.97 Å². The van der Waals surface area contributed by atoms with Crippen molar-refractivity contribution in [1.29, 1.82) is 0 Å². The first-order valence-corrected chi connectivity index (χ1v) is 9.55. The molecular weight excluding hydrogens is 357 g/mol. The summed E-state index contributed by atoms with van der Waals surface area (Å²) in [4.78, 5) is 10.7. The molecule has 6 heteroatoms. The Balaban J connectivity index is 2.13. The smallest absolute Gasteiger partial charge is 0.416 e. The molecule has 0 unspecified atom stereocenters. The topological polar surface area (TPSA) is 46.5 Å². The molecule has 1 aliphatic carbocycles. The summed E-state index contributed by atoms with van der Waals surface area (Å²) >= 11 is 0. The van der Waals surface area contributed by atoms with Crippen LogP contribution in [-0.4, -0.2) is 17.7 Å². The van der Waals surface area contributed by atoms with E-state index in [-0.39, 0.29) is 24.2 Å². The van der Waals surface area contributed by atoms with Gasteiger partial charge < -0.3 is 9.84 Å². The van der Waals surface area contributed by atoms with Crippen LogP contribution in [0.5, 0.6) is 5.75 Å². The minimum absolute atomic E-state index is 0.0160. The molecule has 0 aromatic heterocycles. The van der Waals surface area contributed by atoms with Gasteiger partial charge in [0.05, 0.1) is 5.56 Å². The minimum Gasteiger partial charge on any atom is -0.489 e. The first-order valence-electron chi connectivity index (χ1n) is 9.55. The molecule has 0 atom stereocenters. The number of halogens is 3. The van der Waals surface area contributed by atoms with Crippen molar-refractivity contribution in [3.63, 3.8) is 0 Å². The highest BCUT2D eigenvalue weighted by atomic mass is 19.4. The third-order valence-electron chi connectivity index (χ3n) is 4.95. The number of carboxylic acids is 1. The zero-order chi connectivity index (χ0) is 19.9. The average Bonchev–Trinajstić information content (AvgIpc) is 2.63. The Morgan fingerprint density at radius 3 is 2.48 bits per heavy atom. The Kier molecular flexibility index (Phi) is 7.75. The van der Waals surface area contributed by atoms with E-state index >= 15 is 0 Å². The SMILES string of the molecule is CCCCC1=C(COc2ccc(CCC(=O)O)c(C(F)(F)F)c2)CCCC1. The van der Waals surface area contributed by atoms with Gasteiger partial charge in [-0.05, 0) is 68.2 Å². The second-order valence-electron chi connectivity index (χ2n) is 7.02. The molecule has 0 radical (unpaired) electrons. The summed E-state index contributed by atoms with van der Waals surface area (Å²) in [6.45, 7) is 2.47. The Morgan fingerprint density at radius 2 is 1.85 bits per heavy atom. The van der Waals surface area contributed by atoms with Crippen LogP contribution in [0.4, 0.5) is 13.2 Å². The van der Waals surface area contributed by atoms with Gasteiger partial charge in [-0.3, -0.25) is 4.79 Å². The molecule has 1 aliphatic rings. The normalized spacial score (nSPS) is 15.1. The molecule has 0 bridgehead atoms. The van der Waals surface area contributed by atoms with E-state index in [1.165, 1.54) is 29.7 Å². The summed E-state index contributed by atoms with van der Waals surface area (Å²) < 4.78 is 45.7. The van der Waals surface area contributed by atoms with Crippen LogP contribution in [0.1, 0.15) is 69.4 Å². The maximum atomic E-state index is 13.3. The third-order valence-corrected chi connectivity index (χ3v) is 4.95. The molecular formula is C21H27F3O3. The lowest BCUT2D eigenvalue weighted by molar-refractivity contribution is -0.140. The van der Waals surface area contributed by atoms with Crippen LogP contribution in [0, 0.1) is 0 Å². The van der Waals surface area contributed by atoms with E-state index < -0.39 is 17.7 Å². The number of carbonyl (C=O) groups is 1. The quantitative estimate of drug-likeness (QED) is 0.519. The standard InChI is InChI=1S/C21H27F3O3/c1-2-3-6-15-7-4-5-8-17(15)14-27-18-11-9-16(10-12-20(25)26)19(13-18)21(22,23)24/h9,11,13H,2-8,10,12,14H2,1H3,(H,25,26). The summed E-state index contributed by atoms with van der Waals surface area (Å²) in [5.41, 5.74) is 1.79. The number of aryl methyl sites for hydroxylation is 1. The highest BCUT2D eigenvalue weighted by Crippen LogP contribution is 2.35. The van der Waals surface area contributed by atoms with Crippen molar-refractivity contribution < 1.29 is 27.8 Å². The molecule has 0 saturated heterocycles. The molecule has 1 N–H and O–H groups in total. The van der Waals surface area contributed by atoms with Gasteiger partial charge in [-0.15, -0.1) is 0 Å². The Hall–Kier alpha value is -1.98. The first kappa shape index (κ1) is 21.3. The van der Waals surface area contributed by atoms with E-state index in [0.717, 1.165) is 44.6 Å². The van der Waals surface area contributed by atoms with E-state index in [9.17, 15) is 18.0 Å². The minimum atomic E-state index is -4.54. The molecule has 0 aliphatic heterocycles. The van der Waals surface area contributed by atoms with Gasteiger partial charge in [0.15, 0.2) is 0 Å². The molecule has 3 nitrogen and oxygen atoms in total. The summed E-state index contributed by atoms with van der Waals surface area (Å²) in [7, 11) is 0. The van der Waals surface area contributed by atoms with E-state index in [1.807, 2.05) is 0 Å². The Labute approximate surface area is 158 Å². The second kappa shape index (κ2) is 9.81. The fraction of sp³-hybridized carbons (Fsp3) is 0.571. The first-order chi connectivity index (χ1) is 12.8. The number of aliphatic carboxylic acids is 1. The van der Waals surface area contributed by atoms with Crippen LogP contribution in [0.15, 0.2) is 29.3 Å². The van der Waals surface area contributed by atoms with Gasteiger partial charge in [-0.25, -0.2) is 0 Å². The van der Waals surface area contributed by atoms with E-state index in [0.29, 0.717) is 6.61 Å². The molecule has 150 valence electrons. The summed E-state index contributed by atoms with van der Waals surface area (Å²) in [6.07, 6.45) is 2.51. The number of ether oxygens (including phenoxy) is 1. The predicted molar refractivity (Wildman–Crippen MR) is 97.9 cm³/mol. The summed E-state index contributed by atoms with van der Waals surface area (Å²) in [6, 6.07) is 3.82. The van der Waals surface area contributed by atoms with Crippen LogP contribution < -0.4 is 4.74 Å². The largest absolute Gasteiger partial charge is 0.489 e. The van der Waals surface area contributed by atoms with Crippen LogP contribution >= 0.6 is 0 Å². The fourth-order valence-electron chi connectivity index (χ4n) is 3.44. The van der Waals surface area contributed by atoms with Gasteiger partial charge in [0.1, 0.15) is 12.4 Å². The molecule has 0 saturated carbocycles. The van der Waals surface area contributed by atoms with Gasteiger partial charge in [0.2, 0.25) is 0 Å². The van der Waals surface area contributed by atoms with Gasteiger partial charge in [0.25, 0.3) is 0 Å². The molecule has 27 heavy (non-hydrogen) atoms. The van der Waals surface area contributed by atoms with Crippen molar-refractivity contribution in [2.75, 3.05) is 6.61 Å². The van der Waals surface area contributed by atoms with Crippen molar-refractivity contribution in [1.82, 2.24) is 0 Å². The van der Waals surface area contributed by atoms with E-state index in [1.54, 1.807) is 0 Å². The number of alkyl halides is 3. The monoisotopic (exact) mass is 384 g/mol. The molecule has 0 amide bonds. The Bertz CT molecular complexity index is 678. The van der Waals surface area contributed by atoms with E-state index in [4.69, 9.17) is 9.84 Å². The third kappa shape index (κ3) is 6.60. The highest BCUT2D eigenvalue weighted by molar-refractivity contribution is 5.67. The zero-order valence-electron chi connectivity index (χ0n) is 15.7. The van der Waals surface area contributed by atoms with Crippen molar-refractivity contribution in [3.8, 4) is 5.75 Å².